The summed E-state index contributed by atoms with van der Waals surface area (Å²) in [6, 6.07) is 14.4. The number of ether oxygens (including phenoxy) is 1. The number of carbonyl (C=O) groups excluding carboxylic acids is 1. The molecule has 0 saturated carbocycles. The van der Waals surface area contributed by atoms with E-state index >= 15 is 0 Å². The first-order chi connectivity index (χ1) is 10.1. The van der Waals surface area contributed by atoms with Gasteiger partial charge in [0, 0.05) is 16.2 Å². The number of halogens is 1. The zero-order valence-corrected chi connectivity index (χ0v) is 13.0. The molecule has 0 radical (unpaired) electrons. The minimum absolute atomic E-state index is 0.0270. The van der Waals surface area contributed by atoms with Gasteiger partial charge in [-0.15, -0.1) is 0 Å². The van der Waals surface area contributed by atoms with Crippen molar-refractivity contribution in [2.45, 2.75) is 6.92 Å². The Morgan fingerprint density at radius 2 is 2.14 bits per heavy atom. The van der Waals surface area contributed by atoms with Crippen LogP contribution in [0.5, 0.6) is 5.75 Å². The summed E-state index contributed by atoms with van der Waals surface area (Å²) in [4.78, 5) is 12.3. The highest BCUT2D eigenvalue weighted by atomic mass is 79.9. The van der Waals surface area contributed by atoms with Crippen LogP contribution in [0, 0.1) is 18.3 Å². The first-order valence-electron chi connectivity index (χ1n) is 6.27. The fourth-order valence-corrected chi connectivity index (χ4v) is 2.22. The number of benzene rings is 2. The van der Waals surface area contributed by atoms with Gasteiger partial charge in [-0.1, -0.05) is 17.7 Å². The van der Waals surface area contributed by atoms with Crippen LogP contribution in [0.3, 0.4) is 0 Å². The standard InChI is InChI=1S/C16H13BrN2O2/c1-11-5-6-15(17)14(9-11)16(20)19-12-3-2-4-13(10-12)21-8-7-18/h2-6,9-10H,8H2,1H3,(H,19,20). The summed E-state index contributed by atoms with van der Waals surface area (Å²) in [5.74, 6) is 0.334. The summed E-state index contributed by atoms with van der Waals surface area (Å²) in [6.07, 6.45) is 0. The van der Waals surface area contributed by atoms with Crippen molar-refractivity contribution in [3.8, 4) is 11.8 Å². The van der Waals surface area contributed by atoms with E-state index in [0.29, 0.717) is 17.0 Å². The molecule has 5 heteroatoms. The molecule has 1 N–H and O–H groups in total. The van der Waals surface area contributed by atoms with E-state index < -0.39 is 0 Å². The Hall–Kier alpha value is -2.32. The minimum Gasteiger partial charge on any atom is -0.479 e. The Bertz CT molecular complexity index is 708. The van der Waals surface area contributed by atoms with Gasteiger partial charge in [-0.05, 0) is 47.1 Å². The van der Waals surface area contributed by atoms with Crippen molar-refractivity contribution in [3.63, 3.8) is 0 Å². The predicted molar refractivity (Wildman–Crippen MR) is 84.4 cm³/mol. The van der Waals surface area contributed by atoms with Gasteiger partial charge in [-0.25, -0.2) is 0 Å². The van der Waals surface area contributed by atoms with Crippen LogP contribution < -0.4 is 10.1 Å². The van der Waals surface area contributed by atoms with Gasteiger partial charge in [0.05, 0.1) is 5.56 Å². The molecule has 0 aliphatic carbocycles. The second kappa shape index (κ2) is 6.91. The molecular weight excluding hydrogens is 332 g/mol. The topological polar surface area (TPSA) is 62.1 Å². The molecule has 0 atom stereocenters. The predicted octanol–water partition coefficient (Wildman–Crippen LogP) is 3.91. The van der Waals surface area contributed by atoms with E-state index in [4.69, 9.17) is 10.00 Å². The number of carbonyl (C=O) groups is 1. The number of amides is 1. The van der Waals surface area contributed by atoms with Crippen molar-refractivity contribution in [3.05, 3.63) is 58.1 Å². The highest BCUT2D eigenvalue weighted by molar-refractivity contribution is 9.10. The van der Waals surface area contributed by atoms with Crippen LogP contribution in [0.25, 0.3) is 0 Å². The summed E-state index contributed by atoms with van der Waals surface area (Å²) in [5, 5.41) is 11.3. The van der Waals surface area contributed by atoms with Crippen LogP contribution in [-0.4, -0.2) is 12.5 Å². The molecular formula is C16H13BrN2O2. The molecule has 0 aliphatic rings. The van der Waals surface area contributed by atoms with Crippen LogP contribution in [0.15, 0.2) is 46.9 Å². The number of nitrogens with zero attached hydrogens (tertiary/aromatic N) is 1. The number of nitrogens with one attached hydrogen (secondary N) is 1. The normalized spacial score (nSPS) is 9.76. The first-order valence-corrected chi connectivity index (χ1v) is 7.07. The van der Waals surface area contributed by atoms with Crippen molar-refractivity contribution in [1.29, 1.82) is 5.26 Å². The molecule has 0 heterocycles. The summed E-state index contributed by atoms with van der Waals surface area (Å²) in [6.45, 7) is 1.90. The third kappa shape index (κ3) is 4.07. The van der Waals surface area contributed by atoms with E-state index in [9.17, 15) is 4.79 Å². The highest BCUT2D eigenvalue weighted by Crippen LogP contribution is 2.21. The average molecular weight is 345 g/mol. The molecule has 4 nitrogen and oxygen atoms in total. The molecule has 0 spiro atoms. The lowest BCUT2D eigenvalue weighted by atomic mass is 10.1. The zero-order chi connectivity index (χ0) is 15.2. The van der Waals surface area contributed by atoms with E-state index in [-0.39, 0.29) is 12.5 Å². The quantitative estimate of drug-likeness (QED) is 0.914. The van der Waals surface area contributed by atoms with Gasteiger partial charge in [0.1, 0.15) is 11.8 Å². The number of aryl methyl sites for hydroxylation is 1. The molecule has 2 aromatic carbocycles. The summed E-state index contributed by atoms with van der Waals surface area (Å²) < 4.78 is 5.94. The summed E-state index contributed by atoms with van der Waals surface area (Å²) in [5.41, 5.74) is 2.19. The van der Waals surface area contributed by atoms with Crippen LogP contribution in [0.4, 0.5) is 5.69 Å². The Morgan fingerprint density at radius 1 is 1.33 bits per heavy atom. The van der Waals surface area contributed by atoms with Gasteiger partial charge in [0.15, 0.2) is 6.61 Å². The summed E-state index contributed by atoms with van der Waals surface area (Å²) in [7, 11) is 0. The highest BCUT2D eigenvalue weighted by Gasteiger charge is 2.10. The Labute approximate surface area is 131 Å². The lowest BCUT2D eigenvalue weighted by Crippen LogP contribution is -2.12. The lowest BCUT2D eigenvalue weighted by molar-refractivity contribution is 0.102. The van der Waals surface area contributed by atoms with E-state index in [0.717, 1.165) is 10.0 Å². The van der Waals surface area contributed by atoms with Crippen LogP contribution in [-0.2, 0) is 0 Å². The van der Waals surface area contributed by atoms with Gasteiger partial charge in [-0.3, -0.25) is 4.79 Å². The molecule has 0 saturated heterocycles. The maximum absolute atomic E-state index is 12.3. The fourth-order valence-electron chi connectivity index (χ4n) is 1.79. The molecule has 0 fully saturated rings. The van der Waals surface area contributed by atoms with E-state index in [1.165, 1.54) is 0 Å². The Morgan fingerprint density at radius 3 is 2.90 bits per heavy atom. The van der Waals surface area contributed by atoms with Crippen molar-refractivity contribution in [2.75, 3.05) is 11.9 Å². The molecule has 0 unspecified atom stereocenters. The molecule has 0 aliphatic heterocycles. The SMILES string of the molecule is Cc1ccc(Br)c(C(=O)Nc2cccc(OCC#N)c2)c1. The number of nitriles is 1. The molecule has 2 aromatic rings. The number of hydrogen-bond donors (Lipinski definition) is 1. The number of rotatable bonds is 4. The van der Waals surface area contributed by atoms with Gasteiger partial charge in [0.2, 0.25) is 0 Å². The fraction of sp³-hybridized carbons (Fsp3) is 0.125. The van der Waals surface area contributed by atoms with Gasteiger partial charge >= 0.3 is 0 Å². The summed E-state index contributed by atoms with van der Waals surface area (Å²) >= 11 is 3.37. The van der Waals surface area contributed by atoms with Crippen molar-refractivity contribution in [2.24, 2.45) is 0 Å². The van der Waals surface area contributed by atoms with Crippen molar-refractivity contribution in [1.82, 2.24) is 0 Å². The smallest absolute Gasteiger partial charge is 0.256 e. The van der Waals surface area contributed by atoms with E-state index in [1.807, 2.05) is 31.2 Å². The van der Waals surface area contributed by atoms with Gasteiger partial charge < -0.3 is 10.1 Å². The third-order valence-electron chi connectivity index (χ3n) is 2.76. The maximum Gasteiger partial charge on any atom is 0.256 e. The molecule has 106 valence electrons. The second-order valence-electron chi connectivity index (χ2n) is 4.41. The van der Waals surface area contributed by atoms with Crippen molar-refractivity contribution < 1.29 is 9.53 Å². The molecule has 0 bridgehead atoms. The number of anilines is 1. The zero-order valence-electron chi connectivity index (χ0n) is 11.4. The number of hydrogen-bond acceptors (Lipinski definition) is 3. The third-order valence-corrected chi connectivity index (χ3v) is 3.45. The molecule has 1 amide bonds. The van der Waals surface area contributed by atoms with Gasteiger partial charge in [0.25, 0.3) is 5.91 Å². The lowest BCUT2D eigenvalue weighted by Gasteiger charge is -2.09. The largest absolute Gasteiger partial charge is 0.479 e. The van der Waals surface area contributed by atoms with E-state index in [2.05, 4.69) is 21.2 Å². The molecule has 2 rings (SSSR count). The van der Waals surface area contributed by atoms with E-state index in [1.54, 1.807) is 24.3 Å². The first kappa shape index (κ1) is 15.1. The van der Waals surface area contributed by atoms with Crippen molar-refractivity contribution >= 4 is 27.5 Å². The average Bonchev–Trinajstić information content (AvgIpc) is 2.48. The molecule has 0 aromatic heterocycles. The monoisotopic (exact) mass is 344 g/mol. The van der Waals surface area contributed by atoms with Crippen LogP contribution in [0.2, 0.25) is 0 Å². The Balaban J connectivity index is 2.16. The maximum atomic E-state index is 12.3. The van der Waals surface area contributed by atoms with Crippen LogP contribution in [0.1, 0.15) is 15.9 Å². The second-order valence-corrected chi connectivity index (χ2v) is 5.27. The Kier molecular flexibility index (Phi) is 4.96. The minimum atomic E-state index is -0.206. The van der Waals surface area contributed by atoms with Gasteiger partial charge in [-0.2, -0.15) is 5.26 Å². The molecule has 21 heavy (non-hydrogen) atoms. The van der Waals surface area contributed by atoms with Crippen LogP contribution >= 0.6 is 15.9 Å².